The van der Waals surface area contributed by atoms with Crippen LogP contribution in [-0.4, -0.2) is 28.2 Å². The molecule has 0 spiro atoms. The Morgan fingerprint density at radius 3 is 2.55 bits per heavy atom. The molecule has 1 heterocycles. The summed E-state index contributed by atoms with van der Waals surface area (Å²) in [7, 11) is 0. The molecule has 0 saturated heterocycles. The van der Waals surface area contributed by atoms with Crippen LogP contribution in [0, 0.1) is 22.9 Å². The first-order valence-corrected chi connectivity index (χ1v) is 9.55. The van der Waals surface area contributed by atoms with E-state index in [0.29, 0.717) is 16.8 Å². The molecule has 156 valence electrons. The Hall–Kier alpha value is -4.07. The van der Waals surface area contributed by atoms with Gasteiger partial charge in [-0.2, -0.15) is 0 Å². The predicted octanol–water partition coefficient (Wildman–Crippen LogP) is 4.23. The van der Waals surface area contributed by atoms with Crippen molar-refractivity contribution in [2.24, 2.45) is 0 Å². The molecule has 0 bridgehead atoms. The molecule has 0 fully saturated rings. The smallest absolute Gasteiger partial charge is 0.282 e. The summed E-state index contributed by atoms with van der Waals surface area (Å²) in [4.78, 5) is 38.3. The minimum absolute atomic E-state index is 0.122. The zero-order chi connectivity index (χ0) is 22.1. The van der Waals surface area contributed by atoms with Gasteiger partial charge < -0.3 is 10.2 Å². The Bertz CT molecular complexity index is 1190. The van der Waals surface area contributed by atoms with Gasteiger partial charge in [-0.1, -0.05) is 42.0 Å². The number of hydrogen-bond donors (Lipinski definition) is 1. The Morgan fingerprint density at radius 1 is 1.13 bits per heavy atom. The van der Waals surface area contributed by atoms with Crippen LogP contribution in [0.4, 0.5) is 15.8 Å². The fraction of sp³-hybridized carbons (Fsp3) is 0.130. The van der Waals surface area contributed by atoms with Crippen molar-refractivity contribution in [2.75, 3.05) is 11.9 Å². The quantitative estimate of drug-likeness (QED) is 0.508. The van der Waals surface area contributed by atoms with Gasteiger partial charge in [0.25, 0.3) is 11.6 Å². The number of rotatable bonds is 3. The van der Waals surface area contributed by atoms with Crippen LogP contribution in [0.3, 0.4) is 0 Å². The van der Waals surface area contributed by atoms with Crippen LogP contribution in [-0.2, 0) is 4.79 Å². The van der Waals surface area contributed by atoms with Gasteiger partial charge in [0.05, 0.1) is 11.0 Å². The molecular weight excluding hydrogens is 401 g/mol. The van der Waals surface area contributed by atoms with E-state index in [0.717, 1.165) is 5.56 Å². The van der Waals surface area contributed by atoms with Crippen LogP contribution in [0.15, 0.2) is 66.7 Å². The molecule has 31 heavy (non-hydrogen) atoms. The van der Waals surface area contributed by atoms with E-state index in [2.05, 4.69) is 5.32 Å². The predicted molar refractivity (Wildman–Crippen MR) is 112 cm³/mol. The summed E-state index contributed by atoms with van der Waals surface area (Å²) in [6.45, 7) is 1.56. The number of para-hydroxylation sites is 1. The van der Waals surface area contributed by atoms with E-state index in [1.807, 2.05) is 19.1 Å². The molecule has 2 amide bonds. The lowest BCUT2D eigenvalue weighted by molar-refractivity contribution is -0.385. The number of halogens is 1. The number of carbonyl (C=O) groups excluding carboxylic acids is 2. The number of nitro benzene ring substituents is 1. The summed E-state index contributed by atoms with van der Waals surface area (Å²) >= 11 is 0. The molecule has 0 radical (unpaired) electrons. The number of nitrogens with zero attached hydrogens (tertiary/aromatic N) is 2. The van der Waals surface area contributed by atoms with Crippen molar-refractivity contribution >= 4 is 23.2 Å². The third-order valence-corrected chi connectivity index (χ3v) is 5.18. The first kappa shape index (κ1) is 20.2. The maximum absolute atomic E-state index is 13.6. The number of hydrogen-bond acceptors (Lipinski definition) is 4. The van der Waals surface area contributed by atoms with Crippen LogP contribution in [0.1, 0.15) is 33.1 Å². The van der Waals surface area contributed by atoms with E-state index in [9.17, 15) is 24.1 Å². The van der Waals surface area contributed by atoms with Gasteiger partial charge >= 0.3 is 0 Å². The highest BCUT2D eigenvalue weighted by Crippen LogP contribution is 2.38. The highest BCUT2D eigenvalue weighted by Gasteiger charge is 2.36. The van der Waals surface area contributed by atoms with Gasteiger partial charge in [-0.05, 0) is 36.8 Å². The van der Waals surface area contributed by atoms with Gasteiger partial charge in [0.15, 0.2) is 0 Å². The number of benzene rings is 3. The Balaban J connectivity index is 1.92. The van der Waals surface area contributed by atoms with E-state index >= 15 is 0 Å². The summed E-state index contributed by atoms with van der Waals surface area (Å²) in [5.74, 6) is -1.53. The van der Waals surface area contributed by atoms with Gasteiger partial charge in [0.1, 0.15) is 17.9 Å². The van der Waals surface area contributed by atoms with Crippen molar-refractivity contribution in [3.8, 4) is 0 Å². The van der Waals surface area contributed by atoms with Gasteiger partial charge in [0.2, 0.25) is 5.91 Å². The standard InChI is InChI=1S/C23H18FN3O4/c1-14-6-11-19-18(12-14)22(15-7-9-16(24)10-8-15)26(13-21(28)25-19)23(29)17-4-2-3-5-20(17)27(30)31/h2-12,22H,13H2,1H3,(H,25,28)/t22-/m1/s1. The molecule has 1 N–H and O–H groups in total. The minimum Gasteiger partial charge on any atom is -0.324 e. The van der Waals surface area contributed by atoms with Crippen LogP contribution in [0.2, 0.25) is 0 Å². The Kier molecular flexibility index (Phi) is 5.21. The monoisotopic (exact) mass is 419 g/mol. The van der Waals surface area contributed by atoms with E-state index in [4.69, 9.17) is 0 Å². The normalized spacial score (nSPS) is 15.6. The van der Waals surface area contributed by atoms with Crippen molar-refractivity contribution in [3.05, 3.63) is 105 Å². The fourth-order valence-electron chi connectivity index (χ4n) is 3.79. The fourth-order valence-corrected chi connectivity index (χ4v) is 3.79. The highest BCUT2D eigenvalue weighted by atomic mass is 19.1. The molecule has 1 aliphatic rings. The maximum atomic E-state index is 13.6. The third-order valence-electron chi connectivity index (χ3n) is 5.18. The number of fused-ring (bicyclic) bond motifs is 1. The average Bonchev–Trinajstić information content (AvgIpc) is 2.89. The molecule has 3 aromatic carbocycles. The van der Waals surface area contributed by atoms with Crippen LogP contribution in [0.5, 0.6) is 0 Å². The van der Waals surface area contributed by atoms with Gasteiger partial charge in [-0.15, -0.1) is 0 Å². The number of aryl methyl sites for hydroxylation is 1. The summed E-state index contributed by atoms with van der Waals surface area (Å²) in [5.41, 5.74) is 2.19. The largest absolute Gasteiger partial charge is 0.324 e. The zero-order valence-electron chi connectivity index (χ0n) is 16.5. The van der Waals surface area contributed by atoms with Crippen molar-refractivity contribution < 1.29 is 18.9 Å². The Labute approximate surface area is 177 Å². The summed E-state index contributed by atoms with van der Waals surface area (Å²) in [6, 6.07) is 15.9. The molecule has 3 aromatic rings. The molecular formula is C23H18FN3O4. The van der Waals surface area contributed by atoms with Crippen molar-refractivity contribution in [2.45, 2.75) is 13.0 Å². The average molecular weight is 419 g/mol. The molecule has 7 nitrogen and oxygen atoms in total. The Morgan fingerprint density at radius 2 is 1.84 bits per heavy atom. The van der Waals surface area contributed by atoms with Gasteiger partial charge in [0, 0.05) is 17.3 Å². The SMILES string of the molecule is Cc1ccc2c(c1)[C@@H](c1ccc(F)cc1)N(C(=O)c1ccccc1[N+](=O)[O-])CC(=O)N2. The number of nitrogens with one attached hydrogen (secondary N) is 1. The van der Waals surface area contributed by atoms with E-state index in [-0.39, 0.29) is 17.8 Å². The lowest BCUT2D eigenvalue weighted by Crippen LogP contribution is -2.39. The maximum Gasteiger partial charge on any atom is 0.282 e. The van der Waals surface area contributed by atoms with Crippen LogP contribution in [0.25, 0.3) is 0 Å². The third kappa shape index (κ3) is 3.87. The zero-order valence-corrected chi connectivity index (χ0v) is 16.5. The van der Waals surface area contributed by atoms with Crippen LogP contribution < -0.4 is 5.32 Å². The number of amides is 2. The molecule has 0 aromatic heterocycles. The first-order valence-electron chi connectivity index (χ1n) is 9.55. The lowest BCUT2D eigenvalue weighted by atomic mass is 9.94. The molecule has 8 heteroatoms. The second-order valence-electron chi connectivity index (χ2n) is 7.30. The highest BCUT2D eigenvalue weighted by molar-refractivity contribution is 6.03. The molecule has 0 unspecified atom stereocenters. The minimum atomic E-state index is -0.748. The van der Waals surface area contributed by atoms with E-state index < -0.39 is 28.6 Å². The lowest BCUT2D eigenvalue weighted by Gasteiger charge is -2.30. The van der Waals surface area contributed by atoms with Gasteiger partial charge in [-0.3, -0.25) is 19.7 Å². The van der Waals surface area contributed by atoms with Crippen LogP contribution >= 0.6 is 0 Å². The molecule has 1 aliphatic heterocycles. The van der Waals surface area contributed by atoms with Crippen molar-refractivity contribution in [3.63, 3.8) is 0 Å². The number of carbonyl (C=O) groups is 2. The molecule has 0 saturated carbocycles. The summed E-state index contributed by atoms with van der Waals surface area (Å²) in [5, 5.41) is 14.3. The van der Waals surface area contributed by atoms with E-state index in [1.165, 1.54) is 41.3 Å². The second kappa shape index (κ2) is 7.98. The van der Waals surface area contributed by atoms with Crippen molar-refractivity contribution in [1.29, 1.82) is 0 Å². The first-order chi connectivity index (χ1) is 14.8. The number of anilines is 1. The van der Waals surface area contributed by atoms with Crippen molar-refractivity contribution in [1.82, 2.24) is 4.90 Å². The summed E-state index contributed by atoms with van der Waals surface area (Å²) in [6.07, 6.45) is 0. The topological polar surface area (TPSA) is 92.6 Å². The van der Waals surface area contributed by atoms with E-state index in [1.54, 1.807) is 18.2 Å². The molecule has 0 aliphatic carbocycles. The second-order valence-corrected chi connectivity index (χ2v) is 7.30. The summed E-state index contributed by atoms with van der Waals surface area (Å²) < 4.78 is 13.6. The number of nitro groups is 1. The molecule has 4 rings (SSSR count). The molecule has 1 atom stereocenters. The van der Waals surface area contributed by atoms with Gasteiger partial charge in [-0.25, -0.2) is 4.39 Å².